The number of methoxy groups -OCH3 is 1. The number of anilines is 2. The highest BCUT2D eigenvalue weighted by atomic mass is 16.6. The molecule has 4 N–H and O–H groups in total. The first-order valence-electron chi connectivity index (χ1n) is 17.1. The van der Waals surface area contributed by atoms with E-state index in [1.54, 1.807) is 26.2 Å². The Morgan fingerprint density at radius 2 is 1.75 bits per heavy atom. The number of carboxylic acid groups (broad SMARTS) is 1. The van der Waals surface area contributed by atoms with Crippen molar-refractivity contribution in [1.29, 1.82) is 0 Å². The molecular weight excluding hydrogens is 686 g/mol. The fourth-order valence-electron chi connectivity index (χ4n) is 5.72. The number of rotatable bonds is 24. The number of ether oxygens (including phenoxy) is 5. The molecule has 1 aromatic carbocycles. The van der Waals surface area contributed by atoms with E-state index in [-0.39, 0.29) is 85.5 Å². The van der Waals surface area contributed by atoms with Gasteiger partial charge in [0.2, 0.25) is 11.4 Å². The van der Waals surface area contributed by atoms with Crippen molar-refractivity contribution in [2.24, 2.45) is 11.8 Å². The maximum atomic E-state index is 13.4. The average Bonchev–Trinajstić information content (AvgIpc) is 3.71. The summed E-state index contributed by atoms with van der Waals surface area (Å²) in [5.74, 6) is -1.13. The minimum absolute atomic E-state index is 0.0179. The zero-order valence-corrected chi connectivity index (χ0v) is 29.2. The van der Waals surface area contributed by atoms with E-state index >= 15 is 0 Å². The van der Waals surface area contributed by atoms with E-state index in [2.05, 4.69) is 30.6 Å². The third-order valence-corrected chi connectivity index (χ3v) is 9.27. The van der Waals surface area contributed by atoms with Crippen molar-refractivity contribution >= 4 is 40.0 Å². The second-order valence-electron chi connectivity index (χ2n) is 12.6. The van der Waals surface area contributed by atoms with Gasteiger partial charge in [-0.2, -0.15) is 0 Å². The van der Waals surface area contributed by atoms with Crippen molar-refractivity contribution in [3.8, 4) is 5.88 Å². The number of benzene rings is 1. The molecule has 1 aliphatic carbocycles. The number of aliphatic carboxylic acids is 1. The average molecular weight is 732 g/mol. The molecule has 0 spiro atoms. The molecule has 1 aliphatic heterocycles. The van der Waals surface area contributed by atoms with E-state index in [4.69, 9.17) is 23.7 Å². The number of non-ortho nitro benzene ring substituents is 1. The van der Waals surface area contributed by atoms with E-state index in [1.165, 1.54) is 12.1 Å². The van der Waals surface area contributed by atoms with Crippen molar-refractivity contribution in [3.63, 3.8) is 0 Å². The van der Waals surface area contributed by atoms with Gasteiger partial charge in [0.15, 0.2) is 5.52 Å². The zero-order valence-electron chi connectivity index (χ0n) is 29.2. The normalized spacial score (nSPS) is 18.1. The maximum absolute atomic E-state index is 13.4. The molecule has 2 aromatic heterocycles. The van der Waals surface area contributed by atoms with Crippen LogP contribution in [0.5, 0.6) is 5.88 Å². The van der Waals surface area contributed by atoms with E-state index in [0.717, 1.165) is 12.1 Å². The molecule has 5 rings (SSSR count). The minimum atomic E-state index is -1.59. The lowest BCUT2D eigenvalue weighted by Crippen LogP contribution is -2.55. The Morgan fingerprint density at radius 3 is 2.40 bits per heavy atom. The molecule has 0 radical (unpaired) electrons. The summed E-state index contributed by atoms with van der Waals surface area (Å²) in [4.78, 5) is 42.9. The van der Waals surface area contributed by atoms with Gasteiger partial charge in [0.25, 0.3) is 5.91 Å². The van der Waals surface area contributed by atoms with Gasteiger partial charge in [0, 0.05) is 52.4 Å². The lowest BCUT2D eigenvalue weighted by molar-refractivity contribution is -0.383. The summed E-state index contributed by atoms with van der Waals surface area (Å²) >= 11 is 0. The summed E-state index contributed by atoms with van der Waals surface area (Å²) in [6, 6.07) is 6.15. The van der Waals surface area contributed by atoms with Gasteiger partial charge in [-0.15, -0.1) is 0 Å². The van der Waals surface area contributed by atoms with Crippen LogP contribution < -0.4 is 20.3 Å². The number of pyridine rings is 1. The molecular formula is C33H45N7O12. The third kappa shape index (κ3) is 9.59. The van der Waals surface area contributed by atoms with Gasteiger partial charge in [-0.1, -0.05) is 6.92 Å². The summed E-state index contributed by atoms with van der Waals surface area (Å²) in [5.41, 5.74) is -0.187. The standard InChI is InChI=1S/C33H45N7O12/c1-3-33(32(43)44,36-30(42)25-5-7-27(39-17-23(18-39)47-2)31(35-25)51-20-22-16-21(22)19-41)8-10-48-12-14-50-15-13-49-11-9-34-24-4-6-26(40(45)46)29-28(24)37-52-38-29/h4-7,21-23,34,41H,3,8-20H2,1-2H3,(H,36,42)(H,43,44)/t21-,22-,33?/m1/s1. The Bertz CT molecular complexity index is 1670. The quantitative estimate of drug-likeness (QED) is 0.0584. The number of aliphatic hydroxyl groups is 1. The fourth-order valence-corrected chi connectivity index (χ4v) is 5.72. The number of nitrogens with one attached hydrogen (secondary N) is 2. The monoisotopic (exact) mass is 731 g/mol. The summed E-state index contributed by atoms with van der Waals surface area (Å²) in [6.07, 6.45) is 1.08. The highest BCUT2D eigenvalue weighted by Crippen LogP contribution is 2.39. The van der Waals surface area contributed by atoms with Crippen molar-refractivity contribution in [2.75, 3.05) is 89.8 Å². The molecule has 0 bridgehead atoms. The number of amides is 1. The van der Waals surface area contributed by atoms with Crippen LogP contribution in [0.15, 0.2) is 28.9 Å². The van der Waals surface area contributed by atoms with E-state index < -0.39 is 22.3 Å². The second-order valence-corrected chi connectivity index (χ2v) is 12.6. The molecule has 1 amide bonds. The summed E-state index contributed by atoms with van der Waals surface area (Å²) in [6.45, 7) is 5.30. The van der Waals surface area contributed by atoms with E-state index in [9.17, 15) is 29.9 Å². The molecule has 1 saturated heterocycles. The maximum Gasteiger partial charge on any atom is 0.329 e. The molecule has 52 heavy (non-hydrogen) atoms. The van der Waals surface area contributed by atoms with Crippen LogP contribution in [0.3, 0.4) is 0 Å². The summed E-state index contributed by atoms with van der Waals surface area (Å²) in [7, 11) is 1.65. The van der Waals surface area contributed by atoms with Crippen LogP contribution in [0.1, 0.15) is 36.7 Å². The first-order chi connectivity index (χ1) is 25.2. The Hall–Kier alpha value is -4.69. The lowest BCUT2D eigenvalue weighted by Gasteiger charge is -2.40. The third-order valence-electron chi connectivity index (χ3n) is 9.27. The molecule has 19 nitrogen and oxygen atoms in total. The molecule has 284 valence electrons. The van der Waals surface area contributed by atoms with Gasteiger partial charge >= 0.3 is 11.7 Å². The number of nitro benzene ring substituents is 1. The highest BCUT2D eigenvalue weighted by Gasteiger charge is 2.40. The van der Waals surface area contributed by atoms with Gasteiger partial charge in [0.1, 0.15) is 16.9 Å². The molecule has 1 saturated carbocycles. The van der Waals surface area contributed by atoms with Crippen molar-refractivity contribution in [3.05, 3.63) is 40.1 Å². The summed E-state index contributed by atoms with van der Waals surface area (Å²) in [5, 5.41) is 43.7. The van der Waals surface area contributed by atoms with Crippen LogP contribution in [0.25, 0.3) is 11.0 Å². The molecule has 2 aliphatic rings. The predicted molar refractivity (Wildman–Crippen MR) is 184 cm³/mol. The highest BCUT2D eigenvalue weighted by molar-refractivity contribution is 5.97. The summed E-state index contributed by atoms with van der Waals surface area (Å²) < 4.78 is 32.8. The first-order valence-corrected chi connectivity index (χ1v) is 17.1. The first kappa shape index (κ1) is 38.5. The predicted octanol–water partition coefficient (Wildman–Crippen LogP) is 1.88. The van der Waals surface area contributed by atoms with Gasteiger partial charge in [-0.05, 0) is 53.2 Å². The van der Waals surface area contributed by atoms with Gasteiger partial charge < -0.3 is 49.4 Å². The van der Waals surface area contributed by atoms with Crippen LogP contribution in [-0.4, -0.2) is 134 Å². The number of carbonyl (C=O) groups excluding carboxylic acids is 1. The van der Waals surface area contributed by atoms with Crippen LogP contribution >= 0.6 is 0 Å². The van der Waals surface area contributed by atoms with Gasteiger partial charge in [-0.25, -0.2) is 14.4 Å². The van der Waals surface area contributed by atoms with Crippen LogP contribution in [0.4, 0.5) is 17.1 Å². The molecule has 1 unspecified atom stereocenters. The topological polar surface area (TPSA) is 243 Å². The van der Waals surface area contributed by atoms with E-state index in [0.29, 0.717) is 51.7 Å². The molecule has 3 atom stereocenters. The van der Waals surface area contributed by atoms with Crippen molar-refractivity contribution < 1.29 is 53.0 Å². The Labute approximate surface area is 299 Å². The Morgan fingerprint density at radius 1 is 1.04 bits per heavy atom. The smallest absolute Gasteiger partial charge is 0.329 e. The largest absolute Gasteiger partial charge is 0.480 e. The van der Waals surface area contributed by atoms with Crippen molar-refractivity contribution in [1.82, 2.24) is 20.6 Å². The van der Waals surface area contributed by atoms with Crippen LogP contribution in [-0.2, 0) is 23.7 Å². The number of nitro groups is 1. The number of carbonyl (C=O) groups is 2. The van der Waals surface area contributed by atoms with E-state index in [1.807, 2.05) is 4.90 Å². The molecule has 2 fully saturated rings. The zero-order chi connectivity index (χ0) is 37.1. The van der Waals surface area contributed by atoms with Crippen LogP contribution in [0, 0.1) is 22.0 Å². The Kier molecular flexibility index (Phi) is 13.5. The molecule has 3 aromatic rings. The SMILES string of the molecule is CCC(CCOCCOCCOCCNc1ccc([N+](=O)[O-])c2nonc12)(NC(=O)c1ccc(N2CC(OC)C2)c(OC[C@H]2C[C@@H]2CO)n1)C(=O)O. The number of fused-ring (bicyclic) bond motifs is 1. The number of hydrogen-bond acceptors (Lipinski definition) is 16. The molecule has 3 heterocycles. The second kappa shape index (κ2) is 18.2. The van der Waals surface area contributed by atoms with Crippen molar-refractivity contribution in [2.45, 2.75) is 37.8 Å². The van der Waals surface area contributed by atoms with Crippen LogP contribution in [0.2, 0.25) is 0 Å². The minimum Gasteiger partial charge on any atom is -0.480 e. The van der Waals surface area contributed by atoms with Gasteiger partial charge in [0.05, 0.1) is 56.4 Å². The Balaban J connectivity index is 1.01. The number of carboxylic acids is 1. The fraction of sp³-hybridized carbons (Fsp3) is 0.606. The number of aliphatic hydroxyl groups excluding tert-OH is 1. The number of nitrogens with zero attached hydrogens (tertiary/aromatic N) is 5. The number of aromatic nitrogens is 3. The van der Waals surface area contributed by atoms with Gasteiger partial charge in [-0.3, -0.25) is 14.9 Å². The lowest BCUT2D eigenvalue weighted by atomic mass is 9.92. The number of hydrogen-bond donors (Lipinski definition) is 4. The molecule has 19 heteroatoms.